The normalized spacial score (nSPS) is 13.1. The van der Waals surface area contributed by atoms with Gasteiger partial charge in [-0.25, -0.2) is 18.7 Å². The minimum Gasteiger partial charge on any atom is -0.325 e. The summed E-state index contributed by atoms with van der Waals surface area (Å²) < 4.78 is 16.4. The van der Waals surface area contributed by atoms with E-state index < -0.39 is 11.8 Å². The third-order valence-corrected chi connectivity index (χ3v) is 6.30. The molecule has 4 amide bonds. The number of pyridine rings is 1. The van der Waals surface area contributed by atoms with Crippen LogP contribution in [0.4, 0.5) is 36.9 Å². The molecule has 200 valence electrons. The van der Waals surface area contributed by atoms with Crippen LogP contribution in [0.3, 0.4) is 0 Å². The van der Waals surface area contributed by atoms with Crippen LogP contribution < -0.4 is 26.6 Å². The number of amides is 4. The van der Waals surface area contributed by atoms with Gasteiger partial charge in [-0.15, -0.1) is 0 Å². The average Bonchev–Trinajstić information content (AvgIpc) is 3.34. The molecule has 2 aromatic carbocycles. The lowest BCUT2D eigenvalue weighted by Crippen LogP contribution is -2.39. The van der Waals surface area contributed by atoms with Crippen molar-refractivity contribution in [3.05, 3.63) is 89.6 Å². The standard InChI is InChI=1S/C28H29FN8O2/c1-28(2,3)24-13-25(37(35-24)19-7-5-4-6-8-19)34-26(38)32-23-12-20(9-10-21(23)29)36-16-17-15-31-18(14-30)11-22(17)33-27(36)39/h4-13,15H,14,16,30H2,1-3H3,(H,33,39)(H2,32,34,38). The Morgan fingerprint density at radius 3 is 2.56 bits per heavy atom. The van der Waals surface area contributed by atoms with Gasteiger partial charge in [0.05, 0.1) is 35.0 Å². The first-order chi connectivity index (χ1) is 18.6. The van der Waals surface area contributed by atoms with E-state index in [1.807, 2.05) is 51.1 Å². The van der Waals surface area contributed by atoms with Crippen molar-refractivity contribution < 1.29 is 14.0 Å². The molecule has 0 fully saturated rings. The summed E-state index contributed by atoms with van der Waals surface area (Å²) in [5.74, 6) is -0.218. The first-order valence-corrected chi connectivity index (χ1v) is 12.4. The molecule has 39 heavy (non-hydrogen) atoms. The van der Waals surface area contributed by atoms with Crippen molar-refractivity contribution in [2.45, 2.75) is 39.3 Å². The second-order valence-electron chi connectivity index (χ2n) is 10.2. The van der Waals surface area contributed by atoms with E-state index in [0.29, 0.717) is 22.9 Å². The lowest BCUT2D eigenvalue weighted by Gasteiger charge is -2.29. The van der Waals surface area contributed by atoms with Crippen LogP contribution in [0, 0.1) is 5.82 Å². The molecule has 3 heterocycles. The lowest BCUT2D eigenvalue weighted by molar-refractivity contribution is 0.256. The molecule has 5 rings (SSSR count). The van der Waals surface area contributed by atoms with Crippen LogP contribution >= 0.6 is 0 Å². The summed E-state index contributed by atoms with van der Waals surface area (Å²) in [5, 5.41) is 12.8. The first-order valence-electron chi connectivity index (χ1n) is 12.4. The quantitative estimate of drug-likeness (QED) is 0.277. The van der Waals surface area contributed by atoms with E-state index in [1.54, 1.807) is 23.0 Å². The predicted octanol–water partition coefficient (Wildman–Crippen LogP) is 5.36. The fourth-order valence-electron chi connectivity index (χ4n) is 4.16. The van der Waals surface area contributed by atoms with Crippen molar-refractivity contribution in [1.29, 1.82) is 0 Å². The summed E-state index contributed by atoms with van der Waals surface area (Å²) in [6.45, 7) is 6.56. The van der Waals surface area contributed by atoms with Crippen LogP contribution in [-0.4, -0.2) is 26.8 Å². The smallest absolute Gasteiger partial charge is 0.325 e. The van der Waals surface area contributed by atoms with E-state index in [2.05, 4.69) is 26.0 Å². The zero-order valence-electron chi connectivity index (χ0n) is 21.8. The molecule has 5 N–H and O–H groups in total. The number of benzene rings is 2. The number of hydrogen-bond donors (Lipinski definition) is 4. The number of fused-ring (bicyclic) bond motifs is 1. The highest BCUT2D eigenvalue weighted by molar-refractivity contribution is 6.05. The highest BCUT2D eigenvalue weighted by atomic mass is 19.1. The molecule has 0 radical (unpaired) electrons. The van der Waals surface area contributed by atoms with Crippen molar-refractivity contribution >= 4 is 34.9 Å². The molecule has 0 spiro atoms. The third-order valence-electron chi connectivity index (χ3n) is 6.30. The van der Waals surface area contributed by atoms with Gasteiger partial charge in [0.2, 0.25) is 0 Å². The Balaban J connectivity index is 1.37. The molecule has 11 heteroatoms. The van der Waals surface area contributed by atoms with Crippen LogP contribution in [-0.2, 0) is 18.5 Å². The van der Waals surface area contributed by atoms with E-state index >= 15 is 0 Å². The molecule has 10 nitrogen and oxygen atoms in total. The summed E-state index contributed by atoms with van der Waals surface area (Å²) in [5.41, 5.74) is 9.33. The first kappa shape index (κ1) is 25.9. The number of carbonyl (C=O) groups is 2. The molecule has 0 bridgehead atoms. The number of halogens is 1. The summed E-state index contributed by atoms with van der Waals surface area (Å²) in [7, 11) is 0. The van der Waals surface area contributed by atoms with Gasteiger partial charge in [-0.3, -0.25) is 15.2 Å². The van der Waals surface area contributed by atoms with Crippen LogP contribution in [0.5, 0.6) is 0 Å². The number of nitrogens with zero attached hydrogens (tertiary/aromatic N) is 4. The number of aromatic nitrogens is 3. The van der Waals surface area contributed by atoms with Crippen molar-refractivity contribution in [2.24, 2.45) is 5.73 Å². The van der Waals surface area contributed by atoms with E-state index in [4.69, 9.17) is 5.73 Å². The second kappa shape index (κ2) is 10.2. The van der Waals surface area contributed by atoms with Crippen molar-refractivity contribution in [1.82, 2.24) is 14.8 Å². The fraction of sp³-hybridized carbons (Fsp3) is 0.214. The second-order valence-corrected chi connectivity index (χ2v) is 10.2. The molecule has 0 saturated carbocycles. The average molecular weight is 529 g/mol. The van der Waals surface area contributed by atoms with Crippen molar-refractivity contribution in [3.8, 4) is 5.69 Å². The maximum atomic E-state index is 14.8. The van der Waals surface area contributed by atoms with Gasteiger partial charge in [-0.2, -0.15) is 5.10 Å². The number of carbonyl (C=O) groups excluding carboxylic acids is 2. The summed E-state index contributed by atoms with van der Waals surface area (Å²) >= 11 is 0. The van der Waals surface area contributed by atoms with E-state index in [0.717, 1.165) is 16.9 Å². The van der Waals surface area contributed by atoms with Gasteiger partial charge < -0.3 is 16.4 Å². The maximum Gasteiger partial charge on any atom is 0.326 e. The Hall–Kier alpha value is -4.77. The Labute approximate surface area is 225 Å². The van der Waals surface area contributed by atoms with Crippen LogP contribution in [0.1, 0.15) is 37.7 Å². The number of hydrogen-bond acceptors (Lipinski definition) is 5. The molecular formula is C28H29FN8O2. The van der Waals surface area contributed by atoms with Crippen LogP contribution in [0.2, 0.25) is 0 Å². The summed E-state index contributed by atoms with van der Waals surface area (Å²) in [6, 6.07) is 16.0. The highest BCUT2D eigenvalue weighted by Crippen LogP contribution is 2.31. The highest BCUT2D eigenvalue weighted by Gasteiger charge is 2.26. The van der Waals surface area contributed by atoms with Gasteiger partial charge in [0.15, 0.2) is 0 Å². The minimum atomic E-state index is -0.657. The van der Waals surface area contributed by atoms with Gasteiger partial charge in [-0.1, -0.05) is 39.0 Å². The summed E-state index contributed by atoms with van der Waals surface area (Å²) in [6.07, 6.45) is 1.65. The zero-order valence-corrected chi connectivity index (χ0v) is 21.8. The topological polar surface area (TPSA) is 130 Å². The van der Waals surface area contributed by atoms with Gasteiger partial charge in [0.25, 0.3) is 0 Å². The molecule has 0 unspecified atom stereocenters. The Bertz CT molecular complexity index is 1550. The Morgan fingerprint density at radius 2 is 1.85 bits per heavy atom. The van der Waals surface area contributed by atoms with E-state index in [-0.39, 0.29) is 30.2 Å². The van der Waals surface area contributed by atoms with Gasteiger partial charge in [-0.05, 0) is 36.4 Å². The molecule has 4 aromatic rings. The zero-order chi connectivity index (χ0) is 27.7. The Kier molecular flexibility index (Phi) is 6.75. The summed E-state index contributed by atoms with van der Waals surface area (Å²) in [4.78, 5) is 31.6. The van der Waals surface area contributed by atoms with Gasteiger partial charge >= 0.3 is 12.1 Å². The largest absolute Gasteiger partial charge is 0.326 e. The number of rotatable bonds is 5. The molecule has 0 saturated heterocycles. The van der Waals surface area contributed by atoms with Crippen molar-refractivity contribution in [2.75, 3.05) is 20.9 Å². The molecule has 1 aliphatic heterocycles. The molecule has 0 atom stereocenters. The fourth-order valence-corrected chi connectivity index (χ4v) is 4.16. The predicted molar refractivity (Wildman–Crippen MR) is 149 cm³/mol. The Morgan fingerprint density at radius 1 is 1.08 bits per heavy atom. The molecule has 2 aromatic heterocycles. The maximum absolute atomic E-state index is 14.8. The van der Waals surface area contributed by atoms with Crippen molar-refractivity contribution in [3.63, 3.8) is 0 Å². The molecule has 0 aliphatic carbocycles. The number of nitrogens with one attached hydrogen (secondary N) is 3. The number of urea groups is 2. The van der Waals surface area contributed by atoms with Crippen LogP contribution in [0.25, 0.3) is 5.69 Å². The van der Waals surface area contributed by atoms with Gasteiger partial charge in [0.1, 0.15) is 11.6 Å². The third kappa shape index (κ3) is 5.43. The minimum absolute atomic E-state index is 0.0815. The molecule has 1 aliphatic rings. The molecular weight excluding hydrogens is 499 g/mol. The van der Waals surface area contributed by atoms with E-state index in [9.17, 15) is 14.0 Å². The number of anilines is 4. The lowest BCUT2D eigenvalue weighted by atomic mass is 9.92. The monoisotopic (exact) mass is 528 g/mol. The number of nitrogens with two attached hydrogens (primary N) is 1. The SMILES string of the molecule is CC(C)(C)c1cc(NC(=O)Nc2cc(N3Cc4cnc(CN)cc4NC3=O)ccc2F)n(-c2ccccc2)n1. The van der Waals surface area contributed by atoms with Gasteiger partial charge in [0, 0.05) is 35.5 Å². The number of para-hydroxylation sites is 1. The van der Waals surface area contributed by atoms with Crippen LogP contribution in [0.15, 0.2) is 66.9 Å². The van der Waals surface area contributed by atoms with E-state index in [1.165, 1.54) is 23.1 Å².